The van der Waals surface area contributed by atoms with Gasteiger partial charge in [-0.3, -0.25) is 4.79 Å². The average Bonchev–Trinajstić information content (AvgIpc) is 2.41. The van der Waals surface area contributed by atoms with E-state index in [1.54, 1.807) is 10.8 Å². The van der Waals surface area contributed by atoms with Crippen molar-refractivity contribution in [3.05, 3.63) is 10.1 Å². The fourth-order valence-corrected chi connectivity index (χ4v) is 3.45. The number of rotatable bonds is 13. The summed E-state index contributed by atoms with van der Waals surface area (Å²) in [6.45, 7) is 4.92. The molecule has 0 aliphatic rings. The van der Waals surface area contributed by atoms with Crippen molar-refractivity contribution >= 4 is 27.5 Å². The van der Waals surface area contributed by atoms with E-state index in [0.29, 0.717) is 12.3 Å². The van der Waals surface area contributed by atoms with Gasteiger partial charge in [0.15, 0.2) is 0 Å². The number of nitrogens with one attached hydrogen (secondary N) is 1. The first-order valence-corrected chi connectivity index (χ1v) is 9.40. The van der Waals surface area contributed by atoms with Crippen molar-refractivity contribution in [2.75, 3.05) is 24.7 Å². The Morgan fingerprint density at radius 3 is 2.40 bits per heavy atom. The summed E-state index contributed by atoms with van der Waals surface area (Å²) in [5.41, 5.74) is 0. The first-order chi connectivity index (χ1) is 9.61. The summed E-state index contributed by atoms with van der Waals surface area (Å²) in [6, 6.07) is 0. The van der Waals surface area contributed by atoms with Crippen molar-refractivity contribution in [1.82, 2.24) is 5.32 Å². The van der Waals surface area contributed by atoms with Crippen LogP contribution in [0.4, 0.5) is 0 Å². The van der Waals surface area contributed by atoms with Crippen molar-refractivity contribution < 1.29 is 14.7 Å². The molecule has 0 radical (unpaired) electrons. The monoisotopic (exact) mass is 324 g/mol. The first-order valence-electron chi connectivity index (χ1n) is 6.91. The first kappa shape index (κ1) is 19.4. The molecule has 118 valence electrons. The lowest BCUT2D eigenvalue weighted by Gasteiger charge is -2.14. The van der Waals surface area contributed by atoms with Gasteiger partial charge in [0.05, 0.1) is 0 Å². The molecule has 0 unspecified atom stereocenters. The van der Waals surface area contributed by atoms with Crippen LogP contribution in [0.15, 0.2) is 0 Å². The van der Waals surface area contributed by atoms with Gasteiger partial charge in [-0.05, 0) is 12.8 Å². The largest absolute Gasteiger partial charge is 0.355 e. The van der Waals surface area contributed by atoms with Crippen LogP contribution in [0.2, 0.25) is 0 Å². The number of carbonyl (C=O) groups is 1. The van der Waals surface area contributed by atoms with Crippen LogP contribution in [0.3, 0.4) is 0 Å². The summed E-state index contributed by atoms with van der Waals surface area (Å²) in [5, 5.41) is 12.1. The molecule has 0 bridgehead atoms. The summed E-state index contributed by atoms with van der Waals surface area (Å²) < 4.78 is 0. The fraction of sp³-hybridized carbons (Fsp3) is 0.917. The van der Waals surface area contributed by atoms with Crippen molar-refractivity contribution in [3.8, 4) is 0 Å². The standard InChI is InChI=1S/C12H24N2O4S2/c1-3-5-11(6-4-2)12(15)13-7-9-19-20-10-8-18-14(16)17/h11H,3-10H2,1-2H3,(H,13,15). The zero-order chi connectivity index (χ0) is 15.2. The molecule has 0 aliphatic heterocycles. The number of nitrogens with zero attached hydrogens (tertiary/aromatic N) is 1. The lowest BCUT2D eigenvalue weighted by molar-refractivity contribution is -0.756. The molecule has 1 N–H and O–H groups in total. The zero-order valence-electron chi connectivity index (χ0n) is 12.1. The molecule has 0 aromatic carbocycles. The summed E-state index contributed by atoms with van der Waals surface area (Å²) in [7, 11) is 3.10. The van der Waals surface area contributed by atoms with Gasteiger partial charge in [0.1, 0.15) is 6.61 Å². The van der Waals surface area contributed by atoms with Crippen molar-refractivity contribution in [2.24, 2.45) is 5.92 Å². The van der Waals surface area contributed by atoms with Crippen LogP contribution in [-0.4, -0.2) is 35.7 Å². The summed E-state index contributed by atoms with van der Waals surface area (Å²) in [4.78, 5) is 26.0. The zero-order valence-corrected chi connectivity index (χ0v) is 13.8. The molecule has 0 aliphatic carbocycles. The third kappa shape index (κ3) is 11.2. The molecule has 0 aromatic heterocycles. The maximum absolute atomic E-state index is 11.9. The van der Waals surface area contributed by atoms with Crippen LogP contribution in [0.25, 0.3) is 0 Å². The highest BCUT2D eigenvalue weighted by Crippen LogP contribution is 2.20. The topological polar surface area (TPSA) is 81.5 Å². The molecule has 0 heterocycles. The van der Waals surface area contributed by atoms with E-state index < -0.39 is 5.09 Å². The molecule has 0 atom stereocenters. The molecule has 0 saturated heterocycles. The molecule has 0 fully saturated rings. The Balaban J connectivity index is 3.52. The van der Waals surface area contributed by atoms with Gasteiger partial charge < -0.3 is 10.2 Å². The maximum atomic E-state index is 11.9. The van der Waals surface area contributed by atoms with Crippen LogP contribution in [0.1, 0.15) is 39.5 Å². The predicted octanol–water partition coefficient (Wildman–Crippen LogP) is 2.91. The van der Waals surface area contributed by atoms with E-state index in [-0.39, 0.29) is 18.4 Å². The maximum Gasteiger partial charge on any atom is 0.294 e. The van der Waals surface area contributed by atoms with Gasteiger partial charge in [-0.2, -0.15) is 0 Å². The Morgan fingerprint density at radius 1 is 1.25 bits per heavy atom. The third-order valence-corrected chi connectivity index (χ3v) is 4.95. The van der Waals surface area contributed by atoms with E-state index in [1.807, 2.05) is 0 Å². The molecule has 0 rings (SSSR count). The third-order valence-electron chi connectivity index (χ3n) is 2.58. The number of hydrogen-bond donors (Lipinski definition) is 1. The Hall–Kier alpha value is -0.630. The van der Waals surface area contributed by atoms with Gasteiger partial charge in [-0.25, -0.2) is 0 Å². The Bertz CT molecular complexity index is 274. The van der Waals surface area contributed by atoms with Gasteiger partial charge in [-0.1, -0.05) is 48.3 Å². The molecule has 1 amide bonds. The fourth-order valence-electron chi connectivity index (χ4n) is 1.73. The molecule has 20 heavy (non-hydrogen) atoms. The molecule has 8 heteroatoms. The highest BCUT2D eigenvalue weighted by Gasteiger charge is 2.15. The highest BCUT2D eigenvalue weighted by molar-refractivity contribution is 8.76. The lowest BCUT2D eigenvalue weighted by atomic mass is 9.97. The van der Waals surface area contributed by atoms with Crippen molar-refractivity contribution in [3.63, 3.8) is 0 Å². The lowest BCUT2D eigenvalue weighted by Crippen LogP contribution is -2.32. The molecule has 0 saturated carbocycles. The number of hydrogen-bond acceptors (Lipinski definition) is 6. The molecule has 0 aromatic rings. The average molecular weight is 324 g/mol. The van der Waals surface area contributed by atoms with Crippen molar-refractivity contribution in [1.29, 1.82) is 0 Å². The Morgan fingerprint density at radius 2 is 1.85 bits per heavy atom. The Labute approximate surface area is 128 Å². The SMILES string of the molecule is CCCC(CCC)C(=O)NCCSSCCO[N+](=O)[O-]. The van der Waals surface area contributed by atoms with Crippen LogP contribution in [0, 0.1) is 16.0 Å². The van der Waals surface area contributed by atoms with E-state index in [4.69, 9.17) is 0 Å². The number of carbonyl (C=O) groups excluding carboxylic acids is 1. The quantitative estimate of drug-likeness (QED) is 0.243. The molecule has 0 spiro atoms. The van der Waals surface area contributed by atoms with Gasteiger partial charge in [0.25, 0.3) is 5.09 Å². The van der Waals surface area contributed by atoms with Crippen LogP contribution in [0.5, 0.6) is 0 Å². The van der Waals surface area contributed by atoms with Crippen LogP contribution < -0.4 is 5.32 Å². The predicted molar refractivity (Wildman–Crippen MR) is 84.2 cm³/mol. The van der Waals surface area contributed by atoms with Crippen LogP contribution in [-0.2, 0) is 9.63 Å². The minimum Gasteiger partial charge on any atom is -0.355 e. The normalized spacial score (nSPS) is 10.6. The highest BCUT2D eigenvalue weighted by atomic mass is 33.1. The van der Waals surface area contributed by atoms with Gasteiger partial charge in [0.2, 0.25) is 5.91 Å². The summed E-state index contributed by atoms with van der Waals surface area (Å²) in [5.74, 6) is 1.64. The molecule has 6 nitrogen and oxygen atoms in total. The summed E-state index contributed by atoms with van der Waals surface area (Å²) >= 11 is 0. The molecular formula is C12H24N2O4S2. The van der Waals surface area contributed by atoms with E-state index in [0.717, 1.165) is 31.4 Å². The van der Waals surface area contributed by atoms with E-state index in [1.165, 1.54) is 10.8 Å². The second kappa shape index (κ2) is 13.4. The smallest absolute Gasteiger partial charge is 0.294 e. The van der Waals surface area contributed by atoms with Gasteiger partial charge >= 0.3 is 0 Å². The van der Waals surface area contributed by atoms with E-state index in [2.05, 4.69) is 24.0 Å². The molecular weight excluding hydrogens is 300 g/mol. The van der Waals surface area contributed by atoms with Gasteiger partial charge in [0, 0.05) is 24.0 Å². The van der Waals surface area contributed by atoms with E-state index >= 15 is 0 Å². The minimum absolute atomic E-state index is 0.103. The second-order valence-electron chi connectivity index (χ2n) is 4.27. The second-order valence-corrected chi connectivity index (χ2v) is 6.97. The number of amides is 1. The van der Waals surface area contributed by atoms with Crippen LogP contribution >= 0.6 is 21.6 Å². The summed E-state index contributed by atoms with van der Waals surface area (Å²) in [6.07, 6.45) is 3.94. The van der Waals surface area contributed by atoms with Crippen molar-refractivity contribution in [2.45, 2.75) is 39.5 Å². The Kier molecular flexibility index (Phi) is 12.9. The minimum atomic E-state index is -0.785. The van der Waals surface area contributed by atoms with Gasteiger partial charge in [-0.15, -0.1) is 10.1 Å². The van der Waals surface area contributed by atoms with E-state index in [9.17, 15) is 14.9 Å².